The number of rotatable bonds is 3. The fourth-order valence-corrected chi connectivity index (χ4v) is 3.31. The molecule has 0 unspecified atom stereocenters. The number of carbonyl (C=O) groups is 2. The van der Waals surface area contributed by atoms with Gasteiger partial charge in [-0.05, 0) is 28.1 Å². The highest BCUT2D eigenvalue weighted by Gasteiger charge is 2.18. The van der Waals surface area contributed by atoms with Crippen LogP contribution in [0.2, 0.25) is 0 Å². The highest BCUT2D eigenvalue weighted by Crippen LogP contribution is 2.31. The molecule has 4 N–H and O–H groups in total. The molecule has 1 amide bonds. The van der Waals surface area contributed by atoms with Crippen LogP contribution in [0.3, 0.4) is 0 Å². The quantitative estimate of drug-likeness (QED) is 0.706. The number of aromatic nitrogens is 1. The number of anilines is 2. The summed E-state index contributed by atoms with van der Waals surface area (Å²) >= 11 is 7.55. The molecule has 1 heterocycles. The fourth-order valence-electron chi connectivity index (χ4n) is 1.44. The molecule has 0 aliphatic rings. The molecule has 2 aromatic rings. The Morgan fingerprint density at radius 3 is 2.60 bits per heavy atom. The van der Waals surface area contributed by atoms with Crippen LogP contribution >= 0.6 is 43.2 Å². The molecule has 1 aromatic heterocycles. The van der Waals surface area contributed by atoms with Crippen LogP contribution in [0, 0.1) is 0 Å². The van der Waals surface area contributed by atoms with E-state index in [0.29, 0.717) is 8.95 Å². The highest BCUT2D eigenvalue weighted by atomic mass is 79.9. The van der Waals surface area contributed by atoms with Gasteiger partial charge in [0.15, 0.2) is 5.13 Å². The Labute approximate surface area is 134 Å². The van der Waals surface area contributed by atoms with Crippen LogP contribution in [0.25, 0.3) is 0 Å². The van der Waals surface area contributed by atoms with Gasteiger partial charge in [-0.2, -0.15) is 0 Å². The molecule has 0 radical (unpaired) electrons. The lowest BCUT2D eigenvalue weighted by Crippen LogP contribution is -2.16. The zero-order chi connectivity index (χ0) is 14.9. The first-order valence-corrected chi connectivity index (χ1v) is 7.59. The van der Waals surface area contributed by atoms with Crippen molar-refractivity contribution in [2.45, 2.75) is 0 Å². The van der Waals surface area contributed by atoms with Gasteiger partial charge in [-0.3, -0.25) is 4.79 Å². The van der Waals surface area contributed by atoms with Gasteiger partial charge in [-0.1, -0.05) is 15.9 Å². The van der Waals surface area contributed by atoms with E-state index >= 15 is 0 Å². The number of amides is 1. The van der Waals surface area contributed by atoms with Gasteiger partial charge in [0, 0.05) is 14.3 Å². The Kier molecular flexibility index (Phi) is 4.41. The van der Waals surface area contributed by atoms with Crippen molar-refractivity contribution < 1.29 is 14.7 Å². The van der Waals surface area contributed by atoms with Crippen LogP contribution in [0.1, 0.15) is 20.8 Å². The summed E-state index contributed by atoms with van der Waals surface area (Å²) in [5.74, 6) is -1.68. The first-order chi connectivity index (χ1) is 9.38. The van der Waals surface area contributed by atoms with Crippen molar-refractivity contribution >= 4 is 65.9 Å². The number of aromatic carboxylic acids is 1. The summed E-state index contributed by atoms with van der Waals surface area (Å²) in [6, 6.07) is 3.04. The molecule has 0 fully saturated rings. The number of nitrogens with one attached hydrogen (secondary N) is 1. The smallest absolute Gasteiger partial charge is 0.337 e. The molecule has 0 aliphatic heterocycles. The average Bonchev–Trinajstić information content (AvgIpc) is 2.78. The minimum absolute atomic E-state index is 0.0391. The van der Waals surface area contributed by atoms with Crippen LogP contribution in [0.4, 0.5) is 10.8 Å². The second-order valence-electron chi connectivity index (χ2n) is 3.64. The first kappa shape index (κ1) is 14.9. The van der Waals surface area contributed by atoms with Crippen molar-refractivity contribution in [3.05, 3.63) is 37.7 Å². The Morgan fingerprint density at radius 1 is 1.35 bits per heavy atom. The normalized spacial score (nSPS) is 10.3. The second kappa shape index (κ2) is 5.90. The van der Waals surface area contributed by atoms with Gasteiger partial charge in [0.25, 0.3) is 5.91 Å². The van der Waals surface area contributed by atoms with Gasteiger partial charge in [0.2, 0.25) is 0 Å². The van der Waals surface area contributed by atoms with Crippen molar-refractivity contribution in [2.24, 2.45) is 0 Å². The molecule has 1 aromatic carbocycles. The molecule has 0 bridgehead atoms. The zero-order valence-electron chi connectivity index (χ0n) is 9.68. The first-order valence-electron chi connectivity index (χ1n) is 5.13. The number of nitrogens with zero attached hydrogens (tertiary/aromatic N) is 1. The molecule has 0 spiro atoms. The van der Waals surface area contributed by atoms with Crippen LogP contribution in [0.5, 0.6) is 0 Å². The minimum atomic E-state index is -1.15. The van der Waals surface area contributed by atoms with Crippen molar-refractivity contribution in [3.8, 4) is 0 Å². The summed E-state index contributed by atoms with van der Waals surface area (Å²) in [7, 11) is 0. The highest BCUT2D eigenvalue weighted by molar-refractivity contribution is 9.11. The van der Waals surface area contributed by atoms with Gasteiger partial charge in [0.05, 0.1) is 11.3 Å². The van der Waals surface area contributed by atoms with E-state index < -0.39 is 11.9 Å². The lowest BCUT2D eigenvalue weighted by Gasteiger charge is -2.10. The summed E-state index contributed by atoms with van der Waals surface area (Å²) < 4.78 is 1.03. The number of thiazole rings is 1. The Morgan fingerprint density at radius 2 is 2.05 bits per heavy atom. The zero-order valence-corrected chi connectivity index (χ0v) is 13.7. The summed E-state index contributed by atoms with van der Waals surface area (Å²) in [5.41, 5.74) is 5.72. The van der Waals surface area contributed by atoms with Gasteiger partial charge in [-0.25, -0.2) is 9.78 Å². The number of carbonyl (C=O) groups excluding carboxylic acids is 1. The van der Waals surface area contributed by atoms with Gasteiger partial charge < -0.3 is 16.2 Å². The SMILES string of the molecule is Nc1nc(C(=O)Nc2c(Br)cc(Br)cc2C(=O)O)cs1. The van der Waals surface area contributed by atoms with Crippen LogP contribution in [0.15, 0.2) is 26.5 Å². The van der Waals surface area contributed by atoms with Crippen molar-refractivity contribution in [2.75, 3.05) is 11.1 Å². The summed E-state index contributed by atoms with van der Waals surface area (Å²) in [5, 5.41) is 13.5. The van der Waals surface area contributed by atoms with Gasteiger partial charge in [0.1, 0.15) is 5.69 Å². The molecule has 6 nitrogen and oxygen atoms in total. The third-order valence-electron chi connectivity index (χ3n) is 2.28. The van der Waals surface area contributed by atoms with Crippen molar-refractivity contribution in [1.29, 1.82) is 0 Å². The lowest BCUT2D eigenvalue weighted by atomic mass is 10.2. The Hall–Kier alpha value is -1.45. The topological polar surface area (TPSA) is 105 Å². The standard InChI is InChI=1S/C11H7Br2N3O3S/c12-4-1-5(10(18)19)8(6(13)2-4)16-9(17)7-3-20-11(14)15-7/h1-3H,(H2,14,15)(H,16,17)(H,18,19). The molecule has 2 rings (SSSR count). The van der Waals surface area contributed by atoms with Crippen molar-refractivity contribution in [3.63, 3.8) is 0 Å². The maximum Gasteiger partial charge on any atom is 0.337 e. The van der Waals surface area contributed by atoms with E-state index in [2.05, 4.69) is 42.2 Å². The van der Waals surface area contributed by atoms with Gasteiger partial charge >= 0.3 is 5.97 Å². The third-order valence-corrected chi connectivity index (χ3v) is 4.04. The number of benzene rings is 1. The number of nitrogen functional groups attached to an aromatic ring is 1. The molecule has 0 aliphatic carbocycles. The average molecular weight is 421 g/mol. The summed E-state index contributed by atoms with van der Waals surface area (Å²) in [4.78, 5) is 27.1. The molecular weight excluding hydrogens is 414 g/mol. The molecule has 9 heteroatoms. The van der Waals surface area contributed by atoms with E-state index in [9.17, 15) is 14.7 Å². The third kappa shape index (κ3) is 3.17. The fraction of sp³-hybridized carbons (Fsp3) is 0. The van der Waals surface area contributed by atoms with Gasteiger partial charge in [-0.15, -0.1) is 11.3 Å². The van der Waals surface area contributed by atoms with E-state index in [0.717, 1.165) is 11.3 Å². The molecular formula is C11H7Br2N3O3S. The van der Waals surface area contributed by atoms with E-state index in [1.807, 2.05) is 0 Å². The number of hydrogen-bond donors (Lipinski definition) is 3. The summed E-state index contributed by atoms with van der Waals surface area (Å²) in [6.45, 7) is 0. The Balaban J connectivity index is 2.38. The lowest BCUT2D eigenvalue weighted by molar-refractivity contribution is 0.0698. The predicted molar refractivity (Wildman–Crippen MR) is 83.3 cm³/mol. The minimum Gasteiger partial charge on any atom is -0.478 e. The van der Waals surface area contributed by atoms with Crippen molar-refractivity contribution in [1.82, 2.24) is 4.98 Å². The van der Waals surface area contributed by atoms with Crippen LogP contribution in [-0.4, -0.2) is 22.0 Å². The maximum atomic E-state index is 12.0. The number of halogens is 2. The number of nitrogens with two attached hydrogens (primary N) is 1. The number of hydrogen-bond acceptors (Lipinski definition) is 5. The van der Waals surface area contributed by atoms with Crippen LogP contribution in [-0.2, 0) is 0 Å². The van der Waals surface area contributed by atoms with E-state index in [1.165, 1.54) is 11.4 Å². The summed E-state index contributed by atoms with van der Waals surface area (Å²) in [6.07, 6.45) is 0. The van der Waals surface area contributed by atoms with E-state index in [1.54, 1.807) is 6.07 Å². The molecule has 0 saturated heterocycles. The monoisotopic (exact) mass is 419 g/mol. The second-order valence-corrected chi connectivity index (χ2v) is 6.30. The maximum absolute atomic E-state index is 12.0. The number of carboxylic acids is 1. The van der Waals surface area contributed by atoms with Crippen LogP contribution < -0.4 is 11.1 Å². The molecule has 20 heavy (non-hydrogen) atoms. The van der Waals surface area contributed by atoms with E-state index in [-0.39, 0.29) is 22.1 Å². The molecule has 104 valence electrons. The van der Waals surface area contributed by atoms with E-state index in [4.69, 9.17) is 5.73 Å². The number of carboxylic acid groups (broad SMARTS) is 1. The molecule has 0 atom stereocenters. The Bertz CT molecular complexity index is 702. The largest absolute Gasteiger partial charge is 0.478 e. The predicted octanol–water partition coefficient (Wildman–Crippen LogP) is 3.20. The molecule has 0 saturated carbocycles.